The molecule has 2 fully saturated rings. The Hall–Kier alpha value is -1.18. The van der Waals surface area contributed by atoms with Crippen LogP contribution >= 0.6 is 11.8 Å². The number of morpholine rings is 1. The first-order chi connectivity index (χ1) is 13.5. The molecule has 7 heteroatoms. The molecule has 0 spiro atoms. The SMILES string of the molecule is CSc1nc(C(C)C)nc(C)c1C(=O)NCC1(N2CCOCC2)CCCCC1. The van der Waals surface area contributed by atoms with Gasteiger partial charge in [-0.1, -0.05) is 33.1 Å². The summed E-state index contributed by atoms with van der Waals surface area (Å²) in [4.78, 5) is 24.9. The van der Waals surface area contributed by atoms with Gasteiger partial charge >= 0.3 is 0 Å². The van der Waals surface area contributed by atoms with Gasteiger partial charge in [0.2, 0.25) is 0 Å². The highest BCUT2D eigenvalue weighted by molar-refractivity contribution is 7.98. The van der Waals surface area contributed by atoms with Crippen LogP contribution in [-0.4, -0.2) is 65.4 Å². The van der Waals surface area contributed by atoms with Crippen LogP contribution in [0.3, 0.4) is 0 Å². The molecule has 0 aromatic carbocycles. The molecule has 0 unspecified atom stereocenters. The minimum atomic E-state index is -0.0460. The van der Waals surface area contributed by atoms with Crippen molar-refractivity contribution in [1.82, 2.24) is 20.2 Å². The number of carbonyl (C=O) groups excluding carboxylic acids is 1. The molecule has 1 aliphatic heterocycles. The van der Waals surface area contributed by atoms with Gasteiger partial charge in [0.1, 0.15) is 10.9 Å². The summed E-state index contributed by atoms with van der Waals surface area (Å²) in [6, 6.07) is 0. The molecule has 6 nitrogen and oxygen atoms in total. The van der Waals surface area contributed by atoms with Gasteiger partial charge in [-0.2, -0.15) is 0 Å². The first-order valence-electron chi connectivity index (χ1n) is 10.5. The van der Waals surface area contributed by atoms with E-state index in [0.717, 1.165) is 55.7 Å². The number of aromatic nitrogens is 2. The number of aryl methyl sites for hydroxylation is 1. The Bertz CT molecular complexity index is 683. The maximum atomic E-state index is 13.1. The highest BCUT2D eigenvalue weighted by Crippen LogP contribution is 2.34. The van der Waals surface area contributed by atoms with Crippen molar-refractivity contribution < 1.29 is 9.53 Å². The maximum absolute atomic E-state index is 13.1. The number of hydrogen-bond donors (Lipinski definition) is 1. The Morgan fingerprint density at radius 3 is 2.50 bits per heavy atom. The smallest absolute Gasteiger partial charge is 0.255 e. The summed E-state index contributed by atoms with van der Waals surface area (Å²) in [7, 11) is 0. The number of thioether (sulfide) groups is 1. The minimum absolute atomic E-state index is 0.0460. The predicted octanol–water partition coefficient (Wildman–Crippen LogP) is 3.40. The molecule has 0 radical (unpaired) electrons. The van der Waals surface area contributed by atoms with Crippen molar-refractivity contribution in [1.29, 1.82) is 0 Å². The van der Waals surface area contributed by atoms with Crippen molar-refractivity contribution in [3.05, 3.63) is 17.1 Å². The van der Waals surface area contributed by atoms with E-state index in [1.807, 2.05) is 13.2 Å². The second-order valence-electron chi connectivity index (χ2n) is 8.27. The quantitative estimate of drug-likeness (QED) is 0.577. The third kappa shape index (κ3) is 4.69. The van der Waals surface area contributed by atoms with E-state index < -0.39 is 0 Å². The Balaban J connectivity index is 1.78. The summed E-state index contributed by atoms with van der Waals surface area (Å²) in [5.41, 5.74) is 1.46. The molecule has 1 amide bonds. The molecule has 1 aromatic heterocycles. The van der Waals surface area contributed by atoms with E-state index in [-0.39, 0.29) is 17.4 Å². The van der Waals surface area contributed by atoms with Crippen molar-refractivity contribution >= 4 is 17.7 Å². The van der Waals surface area contributed by atoms with E-state index in [2.05, 4.69) is 34.0 Å². The highest BCUT2D eigenvalue weighted by atomic mass is 32.2. The molecule has 156 valence electrons. The molecule has 2 heterocycles. The Kier molecular flexibility index (Phi) is 7.34. The molecule has 3 rings (SSSR count). The van der Waals surface area contributed by atoms with Crippen molar-refractivity contribution in [2.45, 2.75) is 69.4 Å². The third-order valence-corrected chi connectivity index (χ3v) is 6.74. The maximum Gasteiger partial charge on any atom is 0.255 e. The first-order valence-corrected chi connectivity index (χ1v) is 11.7. The van der Waals surface area contributed by atoms with E-state index in [0.29, 0.717) is 12.1 Å². The summed E-state index contributed by atoms with van der Waals surface area (Å²) >= 11 is 1.52. The summed E-state index contributed by atoms with van der Waals surface area (Å²) in [5, 5.41) is 4.03. The Morgan fingerprint density at radius 1 is 1.21 bits per heavy atom. The summed E-state index contributed by atoms with van der Waals surface area (Å²) in [6.45, 7) is 10.2. The molecule has 0 atom stereocenters. The number of nitrogens with zero attached hydrogens (tertiary/aromatic N) is 3. The van der Waals surface area contributed by atoms with Crippen LogP contribution in [-0.2, 0) is 4.74 Å². The van der Waals surface area contributed by atoms with E-state index in [9.17, 15) is 4.79 Å². The fourth-order valence-corrected chi connectivity index (χ4v) is 5.05. The van der Waals surface area contributed by atoms with Crippen molar-refractivity contribution in [3.8, 4) is 0 Å². The number of carbonyl (C=O) groups is 1. The number of rotatable bonds is 6. The van der Waals surface area contributed by atoms with E-state index in [4.69, 9.17) is 4.74 Å². The van der Waals surface area contributed by atoms with Crippen LogP contribution in [0.15, 0.2) is 5.03 Å². The summed E-state index contributed by atoms with van der Waals surface area (Å²) < 4.78 is 5.56. The number of ether oxygens (including phenoxy) is 1. The fourth-order valence-electron chi connectivity index (χ4n) is 4.42. The Morgan fingerprint density at radius 2 is 1.89 bits per heavy atom. The molecular formula is C21H34N4O2S. The van der Waals surface area contributed by atoms with E-state index in [1.165, 1.54) is 31.0 Å². The lowest BCUT2D eigenvalue weighted by atomic mass is 9.79. The van der Waals surface area contributed by atoms with Gasteiger partial charge < -0.3 is 10.1 Å². The lowest BCUT2D eigenvalue weighted by molar-refractivity contribution is -0.0361. The number of amides is 1. The molecular weight excluding hydrogens is 372 g/mol. The topological polar surface area (TPSA) is 67.4 Å². The predicted molar refractivity (Wildman–Crippen MR) is 113 cm³/mol. The van der Waals surface area contributed by atoms with Gasteiger partial charge in [-0.25, -0.2) is 9.97 Å². The van der Waals surface area contributed by atoms with Gasteiger partial charge in [0.05, 0.1) is 24.5 Å². The summed E-state index contributed by atoms with van der Waals surface area (Å²) in [5.74, 6) is 0.999. The van der Waals surface area contributed by atoms with Crippen LogP contribution < -0.4 is 5.32 Å². The van der Waals surface area contributed by atoms with Crippen molar-refractivity contribution in [2.75, 3.05) is 39.1 Å². The van der Waals surface area contributed by atoms with Gasteiger partial charge in [0.15, 0.2) is 0 Å². The molecule has 2 aliphatic rings. The lowest BCUT2D eigenvalue weighted by Crippen LogP contribution is -2.59. The van der Waals surface area contributed by atoms with Crippen LogP contribution in [0.4, 0.5) is 0 Å². The van der Waals surface area contributed by atoms with Crippen molar-refractivity contribution in [3.63, 3.8) is 0 Å². The van der Waals surface area contributed by atoms with Crippen LogP contribution in [0.25, 0.3) is 0 Å². The Labute approximate surface area is 173 Å². The van der Waals surface area contributed by atoms with Crippen LogP contribution in [0.2, 0.25) is 0 Å². The average molecular weight is 407 g/mol. The summed E-state index contributed by atoms with van der Waals surface area (Å²) in [6.07, 6.45) is 8.01. The van der Waals surface area contributed by atoms with Gasteiger partial charge in [-0.3, -0.25) is 9.69 Å². The third-order valence-electron chi connectivity index (χ3n) is 6.06. The van der Waals surface area contributed by atoms with Crippen LogP contribution in [0.5, 0.6) is 0 Å². The second-order valence-corrected chi connectivity index (χ2v) is 9.07. The monoisotopic (exact) mass is 406 g/mol. The average Bonchev–Trinajstić information content (AvgIpc) is 2.72. The second kappa shape index (κ2) is 9.55. The molecule has 1 saturated carbocycles. The minimum Gasteiger partial charge on any atom is -0.379 e. The fraction of sp³-hybridized carbons (Fsp3) is 0.762. The van der Waals surface area contributed by atoms with E-state index in [1.54, 1.807) is 0 Å². The van der Waals surface area contributed by atoms with Gasteiger partial charge in [0, 0.05) is 31.1 Å². The molecule has 1 saturated heterocycles. The highest BCUT2D eigenvalue weighted by Gasteiger charge is 2.39. The largest absolute Gasteiger partial charge is 0.379 e. The zero-order valence-electron chi connectivity index (χ0n) is 17.7. The molecule has 0 bridgehead atoms. The van der Waals surface area contributed by atoms with Gasteiger partial charge in [-0.15, -0.1) is 11.8 Å². The van der Waals surface area contributed by atoms with Crippen LogP contribution in [0.1, 0.15) is 73.7 Å². The van der Waals surface area contributed by atoms with Crippen LogP contribution in [0, 0.1) is 6.92 Å². The standard InChI is InChI=1S/C21H34N4O2S/c1-15(2)18-23-16(3)17(20(24-18)28-4)19(26)22-14-21(8-6-5-7-9-21)25-10-12-27-13-11-25/h15H,5-14H2,1-4H3,(H,22,26). The molecule has 28 heavy (non-hydrogen) atoms. The number of nitrogens with one attached hydrogen (secondary N) is 1. The number of hydrogen-bond acceptors (Lipinski definition) is 6. The normalized spacial score (nSPS) is 20.3. The van der Waals surface area contributed by atoms with E-state index >= 15 is 0 Å². The molecule has 1 aliphatic carbocycles. The van der Waals surface area contributed by atoms with Crippen molar-refractivity contribution in [2.24, 2.45) is 0 Å². The van der Waals surface area contributed by atoms with Gasteiger partial charge in [0.25, 0.3) is 5.91 Å². The lowest BCUT2D eigenvalue weighted by Gasteiger charge is -2.48. The first kappa shape index (κ1) is 21.5. The van der Waals surface area contributed by atoms with Gasteiger partial charge in [-0.05, 0) is 26.0 Å². The zero-order valence-corrected chi connectivity index (χ0v) is 18.5. The molecule has 1 aromatic rings. The zero-order chi connectivity index (χ0) is 20.1. The molecule has 1 N–H and O–H groups in total.